The number of hydrogen-bond acceptors (Lipinski definition) is 3. The van der Waals surface area contributed by atoms with Gasteiger partial charge in [0.05, 0.1) is 6.61 Å². The first-order chi connectivity index (χ1) is 8.10. The molecule has 3 nitrogen and oxygen atoms in total. The van der Waals surface area contributed by atoms with E-state index in [2.05, 4.69) is 34.8 Å². The number of nitrogens with zero attached hydrogens (tertiary/aromatic N) is 2. The first kappa shape index (κ1) is 14.4. The lowest BCUT2D eigenvalue weighted by atomic mass is 10.2. The first-order valence-corrected chi connectivity index (χ1v) is 6.46. The Bertz CT molecular complexity index is 362. The zero-order valence-electron chi connectivity index (χ0n) is 10.4. The van der Waals surface area contributed by atoms with E-state index in [1.165, 1.54) is 6.07 Å². The third-order valence-corrected chi connectivity index (χ3v) is 3.15. The van der Waals surface area contributed by atoms with Crippen LogP contribution in [0.15, 0.2) is 16.7 Å². The van der Waals surface area contributed by atoms with Gasteiger partial charge < -0.3 is 9.64 Å². The van der Waals surface area contributed by atoms with Crippen molar-refractivity contribution in [3.05, 3.63) is 22.6 Å². The van der Waals surface area contributed by atoms with Crippen molar-refractivity contribution < 1.29 is 9.13 Å². The predicted octanol–water partition coefficient (Wildman–Crippen LogP) is 3.23. The van der Waals surface area contributed by atoms with Gasteiger partial charge in [0.25, 0.3) is 0 Å². The minimum atomic E-state index is -0.309. The largest absolute Gasteiger partial charge is 0.383 e. The van der Waals surface area contributed by atoms with Crippen LogP contribution in [0.4, 0.5) is 10.2 Å². The summed E-state index contributed by atoms with van der Waals surface area (Å²) in [7, 11) is 1.64. The Morgan fingerprint density at radius 2 is 2.29 bits per heavy atom. The quantitative estimate of drug-likeness (QED) is 0.807. The summed E-state index contributed by atoms with van der Waals surface area (Å²) in [5.41, 5.74) is 0. The van der Waals surface area contributed by atoms with Crippen LogP contribution in [-0.2, 0) is 4.74 Å². The molecule has 0 spiro atoms. The van der Waals surface area contributed by atoms with Gasteiger partial charge in [0.1, 0.15) is 0 Å². The zero-order valence-corrected chi connectivity index (χ0v) is 12.0. The fourth-order valence-corrected chi connectivity index (χ4v) is 1.87. The lowest BCUT2D eigenvalue weighted by Crippen LogP contribution is -2.36. The molecule has 0 aliphatic heterocycles. The molecule has 0 amide bonds. The van der Waals surface area contributed by atoms with Gasteiger partial charge in [0.15, 0.2) is 11.6 Å². The van der Waals surface area contributed by atoms with Gasteiger partial charge in [-0.1, -0.05) is 6.92 Å². The van der Waals surface area contributed by atoms with Crippen molar-refractivity contribution in [2.45, 2.75) is 26.3 Å². The molecule has 0 aromatic carbocycles. The van der Waals surface area contributed by atoms with Crippen LogP contribution in [0, 0.1) is 5.82 Å². The molecule has 1 aromatic heterocycles. The molecule has 0 aliphatic rings. The molecule has 1 aromatic rings. The summed E-state index contributed by atoms with van der Waals surface area (Å²) in [6, 6.07) is 1.66. The second-order valence-corrected chi connectivity index (χ2v) is 4.82. The minimum absolute atomic E-state index is 0.230. The molecule has 0 aliphatic carbocycles. The van der Waals surface area contributed by atoms with Gasteiger partial charge in [-0.05, 0) is 35.3 Å². The second-order valence-electron chi connectivity index (χ2n) is 3.90. The van der Waals surface area contributed by atoms with Gasteiger partial charge in [-0.3, -0.25) is 0 Å². The number of ether oxygens (including phenoxy) is 1. The Morgan fingerprint density at radius 1 is 1.59 bits per heavy atom. The zero-order chi connectivity index (χ0) is 12.8. The summed E-state index contributed by atoms with van der Waals surface area (Å²) in [6.45, 7) is 5.32. The van der Waals surface area contributed by atoms with E-state index in [0.717, 1.165) is 6.42 Å². The molecular formula is C12H18BrFN2O. The third kappa shape index (κ3) is 3.92. The Kier molecular flexibility index (Phi) is 5.85. The summed E-state index contributed by atoms with van der Waals surface area (Å²) in [6.07, 6.45) is 2.54. The lowest BCUT2D eigenvalue weighted by Gasteiger charge is -2.29. The van der Waals surface area contributed by atoms with Gasteiger partial charge in [-0.15, -0.1) is 0 Å². The number of hydrogen-bond donors (Lipinski definition) is 0. The molecule has 0 fully saturated rings. The Hall–Kier alpha value is -0.680. The maximum Gasteiger partial charge on any atom is 0.166 e. The SMILES string of the molecule is CCC(C)N(CCOC)c1ncc(Br)cc1F. The van der Waals surface area contributed by atoms with Gasteiger partial charge in [0, 0.05) is 30.4 Å². The van der Waals surface area contributed by atoms with Crippen molar-refractivity contribution in [1.29, 1.82) is 0 Å². The number of anilines is 1. The third-order valence-electron chi connectivity index (χ3n) is 2.72. The Morgan fingerprint density at radius 3 is 2.82 bits per heavy atom. The molecule has 1 atom stereocenters. The topological polar surface area (TPSA) is 25.4 Å². The molecule has 1 rings (SSSR count). The molecule has 17 heavy (non-hydrogen) atoms. The predicted molar refractivity (Wildman–Crippen MR) is 70.9 cm³/mol. The summed E-state index contributed by atoms with van der Waals surface area (Å²) in [5.74, 6) is 0.0791. The summed E-state index contributed by atoms with van der Waals surface area (Å²) in [4.78, 5) is 6.08. The highest BCUT2D eigenvalue weighted by atomic mass is 79.9. The van der Waals surface area contributed by atoms with Crippen molar-refractivity contribution in [3.8, 4) is 0 Å². The maximum absolute atomic E-state index is 13.8. The van der Waals surface area contributed by atoms with Crippen LogP contribution < -0.4 is 4.90 Å². The van der Waals surface area contributed by atoms with Crippen molar-refractivity contribution in [3.63, 3.8) is 0 Å². The smallest absolute Gasteiger partial charge is 0.166 e. The monoisotopic (exact) mass is 304 g/mol. The highest BCUT2D eigenvalue weighted by Gasteiger charge is 2.18. The van der Waals surface area contributed by atoms with Gasteiger partial charge in [0.2, 0.25) is 0 Å². The van der Waals surface area contributed by atoms with Crippen molar-refractivity contribution >= 4 is 21.7 Å². The average Bonchev–Trinajstić information content (AvgIpc) is 2.31. The fraction of sp³-hybridized carbons (Fsp3) is 0.583. The van der Waals surface area contributed by atoms with E-state index in [-0.39, 0.29) is 11.9 Å². The summed E-state index contributed by atoms with van der Waals surface area (Å²) >= 11 is 3.21. The molecular weight excluding hydrogens is 287 g/mol. The van der Waals surface area contributed by atoms with Crippen molar-refractivity contribution in [1.82, 2.24) is 4.98 Å². The van der Waals surface area contributed by atoms with E-state index < -0.39 is 0 Å². The van der Waals surface area contributed by atoms with Crippen LogP contribution in [0.2, 0.25) is 0 Å². The van der Waals surface area contributed by atoms with E-state index in [9.17, 15) is 4.39 Å². The highest BCUT2D eigenvalue weighted by Crippen LogP contribution is 2.22. The van der Waals surface area contributed by atoms with Crippen LogP contribution in [0.3, 0.4) is 0 Å². The van der Waals surface area contributed by atoms with Crippen LogP contribution in [0.5, 0.6) is 0 Å². The molecule has 0 saturated heterocycles. The molecule has 1 heterocycles. The number of pyridine rings is 1. The molecule has 0 bridgehead atoms. The summed E-state index contributed by atoms with van der Waals surface area (Å²) < 4.78 is 19.5. The average molecular weight is 305 g/mol. The van der Waals surface area contributed by atoms with Crippen LogP contribution >= 0.6 is 15.9 Å². The fourth-order valence-electron chi connectivity index (χ4n) is 1.56. The first-order valence-electron chi connectivity index (χ1n) is 5.66. The molecule has 0 radical (unpaired) electrons. The van der Waals surface area contributed by atoms with E-state index in [1.54, 1.807) is 13.3 Å². The van der Waals surface area contributed by atoms with E-state index in [4.69, 9.17) is 4.74 Å². The van der Waals surface area contributed by atoms with Crippen LogP contribution in [-0.4, -0.2) is 31.3 Å². The maximum atomic E-state index is 13.8. The van der Waals surface area contributed by atoms with E-state index >= 15 is 0 Å². The lowest BCUT2D eigenvalue weighted by molar-refractivity contribution is 0.203. The normalized spacial score (nSPS) is 12.5. The molecule has 96 valence electrons. The Balaban J connectivity index is 2.95. The van der Waals surface area contributed by atoms with Gasteiger partial charge in [-0.2, -0.15) is 0 Å². The van der Waals surface area contributed by atoms with E-state index in [1.807, 2.05) is 4.90 Å². The molecule has 5 heteroatoms. The second kappa shape index (κ2) is 6.91. The molecule has 1 unspecified atom stereocenters. The van der Waals surface area contributed by atoms with E-state index in [0.29, 0.717) is 23.4 Å². The molecule has 0 saturated carbocycles. The van der Waals surface area contributed by atoms with Crippen molar-refractivity contribution in [2.75, 3.05) is 25.2 Å². The number of halogens is 2. The highest BCUT2D eigenvalue weighted by molar-refractivity contribution is 9.10. The number of rotatable bonds is 6. The number of aromatic nitrogens is 1. The van der Waals surface area contributed by atoms with Crippen LogP contribution in [0.1, 0.15) is 20.3 Å². The Labute approximate surface area is 110 Å². The van der Waals surface area contributed by atoms with Gasteiger partial charge >= 0.3 is 0 Å². The minimum Gasteiger partial charge on any atom is -0.383 e. The standard InChI is InChI=1S/C12H18BrFN2O/c1-4-9(2)16(5-6-17-3)12-11(14)7-10(13)8-15-12/h7-9H,4-6H2,1-3H3. The summed E-state index contributed by atoms with van der Waals surface area (Å²) in [5, 5.41) is 0. The van der Waals surface area contributed by atoms with Gasteiger partial charge in [-0.25, -0.2) is 9.37 Å². The van der Waals surface area contributed by atoms with Crippen LogP contribution in [0.25, 0.3) is 0 Å². The molecule has 0 N–H and O–H groups in total. The van der Waals surface area contributed by atoms with Crippen molar-refractivity contribution in [2.24, 2.45) is 0 Å². The number of methoxy groups -OCH3 is 1.